The molecule has 4 rings (SSSR count). The molecule has 8 heteroatoms. The fourth-order valence-electron chi connectivity index (χ4n) is 4.10. The minimum atomic E-state index is -0.120. The Balaban J connectivity index is 1.81. The Bertz CT molecular complexity index is 1090. The third kappa shape index (κ3) is 3.00. The maximum Gasteiger partial charge on any atom is 0.264 e. The van der Waals surface area contributed by atoms with Crippen LogP contribution < -0.4 is 16.2 Å². The summed E-state index contributed by atoms with van der Waals surface area (Å²) < 4.78 is 7.09. The van der Waals surface area contributed by atoms with E-state index in [0.717, 1.165) is 23.7 Å². The molecule has 2 unspecified atom stereocenters. The Labute approximate surface area is 160 Å². The van der Waals surface area contributed by atoms with Crippen molar-refractivity contribution in [3.63, 3.8) is 0 Å². The molecule has 1 fully saturated rings. The second kappa shape index (κ2) is 6.98. The minimum absolute atomic E-state index is 0.0166. The molecule has 1 saturated carbocycles. The molecule has 1 aliphatic rings. The number of likely N-dealkylation sites (N-methyl/N-ethyl adjacent to an activating group) is 1. The number of hydrogen-bond donors (Lipinski definition) is 2. The molecule has 0 saturated heterocycles. The number of hydrogen-bond acceptors (Lipinski definition) is 5. The fourth-order valence-corrected chi connectivity index (χ4v) is 4.36. The van der Waals surface area contributed by atoms with Crippen LogP contribution in [0.2, 0.25) is 5.02 Å². The summed E-state index contributed by atoms with van der Waals surface area (Å²) in [6, 6.07) is 5.55. The Morgan fingerprint density at radius 1 is 1.37 bits per heavy atom. The van der Waals surface area contributed by atoms with Gasteiger partial charge in [-0.05, 0) is 45.4 Å². The zero-order valence-corrected chi connectivity index (χ0v) is 16.0. The fraction of sp³-hybridized carbons (Fsp3) is 0.421. The molecule has 0 spiro atoms. The summed E-state index contributed by atoms with van der Waals surface area (Å²) in [6.07, 6.45) is 2.34. The summed E-state index contributed by atoms with van der Waals surface area (Å²) in [6.45, 7) is 2.02. The Morgan fingerprint density at radius 2 is 2.19 bits per heavy atom. The molecule has 142 valence electrons. The van der Waals surface area contributed by atoms with Crippen molar-refractivity contribution >= 4 is 39.3 Å². The number of aryl methyl sites for hydroxylation is 1. The van der Waals surface area contributed by atoms with Crippen molar-refractivity contribution in [2.24, 2.45) is 0 Å². The third-order valence-corrected chi connectivity index (χ3v) is 5.57. The quantitative estimate of drug-likeness (QED) is 0.717. The zero-order chi connectivity index (χ0) is 19.1. The number of halogens is 1. The summed E-state index contributed by atoms with van der Waals surface area (Å²) in [5.74, 6) is 0.455. The molecule has 1 amide bonds. The number of carbonyl (C=O) groups is 1. The summed E-state index contributed by atoms with van der Waals surface area (Å²) >= 11 is 6.45. The van der Waals surface area contributed by atoms with E-state index in [4.69, 9.17) is 16.1 Å². The molecular weight excluding hydrogens is 368 g/mol. The van der Waals surface area contributed by atoms with E-state index in [9.17, 15) is 9.59 Å². The number of carbonyl (C=O) groups excluding carboxylic acids is 1. The number of amides is 1. The van der Waals surface area contributed by atoms with Crippen molar-refractivity contribution < 1.29 is 9.32 Å². The first kappa shape index (κ1) is 18.0. The van der Waals surface area contributed by atoms with Crippen molar-refractivity contribution in [1.29, 1.82) is 0 Å². The molecule has 1 aromatic carbocycles. The summed E-state index contributed by atoms with van der Waals surface area (Å²) in [7, 11) is 1.74. The van der Waals surface area contributed by atoms with Crippen LogP contribution in [0.1, 0.15) is 31.1 Å². The first-order valence-electron chi connectivity index (χ1n) is 9.04. The molecule has 27 heavy (non-hydrogen) atoms. The van der Waals surface area contributed by atoms with Gasteiger partial charge in [-0.15, -0.1) is 0 Å². The number of nitrogens with one attached hydrogen (secondary N) is 2. The van der Waals surface area contributed by atoms with Gasteiger partial charge in [0.15, 0.2) is 0 Å². The largest absolute Gasteiger partial charge is 0.360 e. The summed E-state index contributed by atoms with van der Waals surface area (Å²) in [5.41, 5.74) is 1.14. The predicted octanol–water partition coefficient (Wildman–Crippen LogP) is 2.53. The molecule has 2 heterocycles. The molecule has 0 aliphatic heterocycles. The van der Waals surface area contributed by atoms with Gasteiger partial charge >= 0.3 is 0 Å². The van der Waals surface area contributed by atoms with Crippen LogP contribution >= 0.6 is 11.6 Å². The predicted molar refractivity (Wildman–Crippen MR) is 104 cm³/mol. The SMILES string of the molecule is CNCC(=O)NC1CCC(n2c(=O)c3c(C)onc3c3c(Cl)cccc32)C1. The number of fused-ring (bicyclic) bond motifs is 3. The Kier molecular flexibility index (Phi) is 4.65. The molecule has 7 nitrogen and oxygen atoms in total. The second-order valence-corrected chi connectivity index (χ2v) is 7.44. The van der Waals surface area contributed by atoms with Gasteiger partial charge in [-0.25, -0.2) is 0 Å². The average molecular weight is 389 g/mol. The molecule has 2 aromatic heterocycles. The average Bonchev–Trinajstić information content (AvgIpc) is 3.22. The van der Waals surface area contributed by atoms with E-state index in [2.05, 4.69) is 15.8 Å². The Morgan fingerprint density at radius 3 is 2.96 bits per heavy atom. The monoisotopic (exact) mass is 388 g/mol. The van der Waals surface area contributed by atoms with Gasteiger partial charge in [0, 0.05) is 17.5 Å². The van der Waals surface area contributed by atoms with E-state index in [1.807, 2.05) is 12.1 Å². The van der Waals surface area contributed by atoms with E-state index in [-0.39, 0.29) is 30.1 Å². The van der Waals surface area contributed by atoms with Gasteiger partial charge in [0.2, 0.25) is 5.91 Å². The van der Waals surface area contributed by atoms with Gasteiger partial charge in [0.05, 0.1) is 17.1 Å². The maximum atomic E-state index is 13.3. The van der Waals surface area contributed by atoms with Crippen LogP contribution in [0, 0.1) is 6.92 Å². The van der Waals surface area contributed by atoms with Crippen LogP contribution in [0.3, 0.4) is 0 Å². The molecule has 0 radical (unpaired) electrons. The van der Waals surface area contributed by atoms with E-state index in [0.29, 0.717) is 28.1 Å². The second-order valence-electron chi connectivity index (χ2n) is 7.03. The van der Waals surface area contributed by atoms with Crippen molar-refractivity contribution in [3.8, 4) is 0 Å². The topological polar surface area (TPSA) is 89.2 Å². The molecule has 0 bridgehead atoms. The van der Waals surface area contributed by atoms with Gasteiger partial charge in [0.1, 0.15) is 16.7 Å². The van der Waals surface area contributed by atoms with Crippen molar-refractivity contribution in [2.45, 2.75) is 38.3 Å². The summed E-state index contributed by atoms with van der Waals surface area (Å²) in [5, 5.41) is 11.7. The van der Waals surface area contributed by atoms with Crippen molar-refractivity contribution in [1.82, 2.24) is 20.4 Å². The van der Waals surface area contributed by atoms with Crippen molar-refractivity contribution in [3.05, 3.63) is 39.3 Å². The number of rotatable bonds is 4. The van der Waals surface area contributed by atoms with E-state index >= 15 is 0 Å². The summed E-state index contributed by atoms with van der Waals surface area (Å²) in [4.78, 5) is 25.1. The lowest BCUT2D eigenvalue weighted by atomic mass is 10.1. The maximum absolute atomic E-state index is 13.3. The molecule has 1 aliphatic carbocycles. The number of aromatic nitrogens is 2. The van der Waals surface area contributed by atoms with E-state index in [1.54, 1.807) is 24.6 Å². The van der Waals surface area contributed by atoms with Gasteiger partial charge in [-0.3, -0.25) is 9.59 Å². The highest BCUT2D eigenvalue weighted by atomic mass is 35.5. The number of nitrogens with zero attached hydrogens (tertiary/aromatic N) is 2. The lowest BCUT2D eigenvalue weighted by molar-refractivity contribution is -0.120. The number of benzene rings is 1. The normalized spacial score (nSPS) is 19.8. The van der Waals surface area contributed by atoms with Crippen LogP contribution in [0.15, 0.2) is 27.5 Å². The zero-order valence-electron chi connectivity index (χ0n) is 15.2. The van der Waals surface area contributed by atoms with Gasteiger partial charge < -0.3 is 19.7 Å². The van der Waals surface area contributed by atoms with Gasteiger partial charge in [0.25, 0.3) is 5.56 Å². The smallest absolute Gasteiger partial charge is 0.264 e. The van der Waals surface area contributed by atoms with Crippen LogP contribution in [0.5, 0.6) is 0 Å². The minimum Gasteiger partial charge on any atom is -0.360 e. The number of pyridine rings is 1. The third-order valence-electron chi connectivity index (χ3n) is 5.26. The van der Waals surface area contributed by atoms with Gasteiger partial charge in [-0.1, -0.05) is 22.8 Å². The first-order chi connectivity index (χ1) is 13.0. The molecule has 2 N–H and O–H groups in total. The standard InChI is InChI=1S/C19H21ClN4O3/c1-10-16-18(23-27-10)17-13(20)4-3-5-14(17)24(19(16)26)12-7-6-11(8-12)22-15(25)9-21-2/h3-5,11-12,21H,6-9H2,1-2H3,(H,22,25). The highest BCUT2D eigenvalue weighted by Crippen LogP contribution is 2.35. The highest BCUT2D eigenvalue weighted by molar-refractivity contribution is 6.37. The van der Waals surface area contributed by atoms with Crippen LogP contribution in [-0.4, -0.2) is 35.3 Å². The Hall–Kier alpha value is -2.38. The molecular formula is C19H21ClN4O3. The van der Waals surface area contributed by atoms with E-state index in [1.165, 1.54) is 0 Å². The lowest BCUT2D eigenvalue weighted by Crippen LogP contribution is -2.38. The molecule has 3 aromatic rings. The highest BCUT2D eigenvalue weighted by Gasteiger charge is 2.30. The first-order valence-corrected chi connectivity index (χ1v) is 9.41. The van der Waals surface area contributed by atoms with Crippen LogP contribution in [-0.2, 0) is 4.79 Å². The van der Waals surface area contributed by atoms with Crippen molar-refractivity contribution in [2.75, 3.05) is 13.6 Å². The van der Waals surface area contributed by atoms with Gasteiger partial charge in [-0.2, -0.15) is 0 Å². The molecule has 2 atom stereocenters. The lowest BCUT2D eigenvalue weighted by Gasteiger charge is -2.19. The van der Waals surface area contributed by atoms with Crippen LogP contribution in [0.25, 0.3) is 21.8 Å². The van der Waals surface area contributed by atoms with Crippen LogP contribution in [0.4, 0.5) is 0 Å². The van der Waals surface area contributed by atoms with E-state index < -0.39 is 0 Å².